The van der Waals surface area contributed by atoms with E-state index in [0.29, 0.717) is 27.2 Å². The van der Waals surface area contributed by atoms with Gasteiger partial charge in [-0.25, -0.2) is 0 Å². The van der Waals surface area contributed by atoms with Gasteiger partial charge in [0.05, 0.1) is 22.5 Å². The van der Waals surface area contributed by atoms with Crippen LogP contribution in [0.1, 0.15) is 27.8 Å². The standard InChI is InChI=1S/C42H30BF4N3/c1-23-16-17-35-28(18-23)29-19-24(2)20-32-39(29)49(35)36-21-27(48(33-14-7-5-10-25(33)3)34-15-8-6-11-26(34)4)22-37-38(36)43(32)31-13-9-12-30-40(31)50(37)42(46,47)41(30,44)45/h5-22H,1-4H3. The summed E-state index contributed by atoms with van der Waals surface area (Å²) >= 11 is 0. The zero-order valence-corrected chi connectivity index (χ0v) is 27.8. The molecule has 7 aromatic rings. The Labute approximate surface area is 287 Å². The van der Waals surface area contributed by atoms with E-state index < -0.39 is 24.2 Å². The van der Waals surface area contributed by atoms with Gasteiger partial charge in [-0.15, -0.1) is 0 Å². The minimum absolute atomic E-state index is 0.0889. The molecule has 10 rings (SSSR count). The Balaban J connectivity index is 1.41. The van der Waals surface area contributed by atoms with E-state index in [1.807, 2.05) is 69.3 Å². The summed E-state index contributed by atoms with van der Waals surface area (Å²) in [5, 5.41) is 2.11. The number of halogens is 4. The molecule has 1 aromatic heterocycles. The fourth-order valence-corrected chi connectivity index (χ4v) is 8.84. The van der Waals surface area contributed by atoms with E-state index >= 15 is 17.6 Å². The van der Waals surface area contributed by atoms with Crippen LogP contribution in [0.4, 0.5) is 46.0 Å². The maximum absolute atomic E-state index is 16.5. The third-order valence-corrected chi connectivity index (χ3v) is 11.0. The van der Waals surface area contributed by atoms with Crippen molar-refractivity contribution in [1.82, 2.24) is 4.57 Å². The number of para-hydroxylation sites is 3. The molecule has 0 saturated carbocycles. The lowest BCUT2D eigenvalue weighted by Crippen LogP contribution is -2.62. The first-order valence-corrected chi connectivity index (χ1v) is 16.8. The maximum atomic E-state index is 16.5. The zero-order valence-electron chi connectivity index (χ0n) is 27.8. The van der Waals surface area contributed by atoms with Crippen molar-refractivity contribution in [3.8, 4) is 5.69 Å². The normalized spacial score (nSPS) is 15.8. The van der Waals surface area contributed by atoms with Gasteiger partial charge in [-0.2, -0.15) is 17.6 Å². The average Bonchev–Trinajstić information content (AvgIpc) is 3.48. The Bertz CT molecular complexity index is 2600. The number of aryl methyl sites for hydroxylation is 4. The highest BCUT2D eigenvalue weighted by atomic mass is 19.3. The highest BCUT2D eigenvalue weighted by Crippen LogP contribution is 2.59. The van der Waals surface area contributed by atoms with Crippen molar-refractivity contribution in [2.75, 3.05) is 9.80 Å². The van der Waals surface area contributed by atoms with Gasteiger partial charge >= 0.3 is 12.0 Å². The molecule has 3 aliphatic rings. The van der Waals surface area contributed by atoms with Gasteiger partial charge in [-0.1, -0.05) is 77.9 Å². The molecule has 0 N–H and O–H groups in total. The lowest BCUT2D eigenvalue weighted by atomic mass is 9.33. The molecule has 0 fully saturated rings. The molecule has 3 aliphatic heterocycles. The Hall–Kier alpha value is -5.50. The van der Waals surface area contributed by atoms with Crippen LogP contribution in [0.3, 0.4) is 0 Å². The lowest BCUT2D eigenvalue weighted by Gasteiger charge is -2.41. The maximum Gasteiger partial charge on any atom is 0.397 e. The molecular formula is C42H30BF4N3. The smallest absolute Gasteiger partial charge is 0.310 e. The molecule has 0 saturated heterocycles. The van der Waals surface area contributed by atoms with Crippen LogP contribution in [0.15, 0.2) is 109 Å². The molecule has 0 bridgehead atoms. The van der Waals surface area contributed by atoms with E-state index in [1.54, 1.807) is 12.1 Å². The summed E-state index contributed by atoms with van der Waals surface area (Å²) in [5.74, 6) is -4.40. The van der Waals surface area contributed by atoms with Crippen LogP contribution in [-0.4, -0.2) is 17.3 Å². The molecule has 0 spiro atoms. The summed E-state index contributed by atoms with van der Waals surface area (Å²) in [4.78, 5) is 2.71. The second kappa shape index (κ2) is 9.60. The van der Waals surface area contributed by atoms with Crippen LogP contribution in [0.5, 0.6) is 0 Å². The number of hydrogen-bond acceptors (Lipinski definition) is 2. The van der Waals surface area contributed by atoms with E-state index in [-0.39, 0.29) is 11.4 Å². The van der Waals surface area contributed by atoms with Crippen LogP contribution in [0, 0.1) is 27.7 Å². The molecule has 244 valence electrons. The van der Waals surface area contributed by atoms with Crippen LogP contribution >= 0.6 is 0 Å². The fourth-order valence-electron chi connectivity index (χ4n) is 8.84. The number of rotatable bonds is 3. The first-order chi connectivity index (χ1) is 24.0. The summed E-state index contributed by atoms with van der Waals surface area (Å²) in [6, 6.07) is 30.1. The number of fused-ring (bicyclic) bond motifs is 7. The third-order valence-electron chi connectivity index (χ3n) is 11.0. The van der Waals surface area contributed by atoms with Crippen molar-refractivity contribution in [2.24, 2.45) is 0 Å². The topological polar surface area (TPSA) is 11.4 Å². The molecule has 0 amide bonds. The molecule has 0 unspecified atom stereocenters. The predicted molar refractivity (Wildman–Crippen MR) is 196 cm³/mol. The van der Waals surface area contributed by atoms with Crippen molar-refractivity contribution in [2.45, 2.75) is 39.7 Å². The monoisotopic (exact) mass is 663 g/mol. The summed E-state index contributed by atoms with van der Waals surface area (Å²) in [7, 11) is 0. The Morgan fingerprint density at radius 1 is 0.620 bits per heavy atom. The SMILES string of the molecule is Cc1ccc2c(c1)c1cc(C)cc3c1n2-c1cc(N(c2ccccc2C)c2ccccc2C)cc2c1B3c1cccc3c1N2C(F)(F)C3(F)F. The fraction of sp³-hybridized carbons (Fsp3) is 0.143. The molecule has 0 atom stereocenters. The van der Waals surface area contributed by atoms with Gasteiger partial charge in [0.25, 0.3) is 6.71 Å². The number of alkyl halides is 4. The molecule has 8 heteroatoms. The minimum atomic E-state index is -4.50. The van der Waals surface area contributed by atoms with E-state index in [0.717, 1.165) is 67.0 Å². The van der Waals surface area contributed by atoms with Crippen molar-refractivity contribution in [3.05, 3.63) is 137 Å². The Kier molecular flexibility index (Phi) is 5.65. The van der Waals surface area contributed by atoms with Crippen molar-refractivity contribution >= 4 is 73.3 Å². The summed E-state index contributed by atoms with van der Waals surface area (Å²) in [6.07, 6.45) is 0. The number of nitrogens with zero attached hydrogens (tertiary/aromatic N) is 3. The first-order valence-electron chi connectivity index (χ1n) is 16.8. The number of anilines is 5. The van der Waals surface area contributed by atoms with Gasteiger partial charge < -0.3 is 9.47 Å². The molecule has 0 radical (unpaired) electrons. The highest BCUT2D eigenvalue weighted by Gasteiger charge is 2.70. The van der Waals surface area contributed by atoms with Crippen LogP contribution < -0.4 is 26.2 Å². The van der Waals surface area contributed by atoms with E-state index in [9.17, 15) is 0 Å². The minimum Gasteiger partial charge on any atom is -0.310 e. The second-order valence-electron chi connectivity index (χ2n) is 14.0. The summed E-state index contributed by atoms with van der Waals surface area (Å²) in [5.41, 5.74) is 10.4. The second-order valence-corrected chi connectivity index (χ2v) is 14.0. The molecule has 3 nitrogen and oxygen atoms in total. The largest absolute Gasteiger partial charge is 0.397 e. The van der Waals surface area contributed by atoms with Gasteiger partial charge in [0.15, 0.2) is 0 Å². The predicted octanol–water partition coefficient (Wildman–Crippen LogP) is 9.47. The van der Waals surface area contributed by atoms with Gasteiger partial charge in [0, 0.05) is 39.0 Å². The third kappa shape index (κ3) is 3.51. The van der Waals surface area contributed by atoms with Crippen LogP contribution in [-0.2, 0) is 5.92 Å². The van der Waals surface area contributed by atoms with Gasteiger partial charge in [0.2, 0.25) is 0 Å². The van der Waals surface area contributed by atoms with E-state index in [2.05, 4.69) is 52.8 Å². The van der Waals surface area contributed by atoms with E-state index in [4.69, 9.17) is 0 Å². The van der Waals surface area contributed by atoms with Crippen LogP contribution in [0.25, 0.3) is 27.5 Å². The molecule has 0 aliphatic carbocycles. The summed E-state index contributed by atoms with van der Waals surface area (Å²) in [6.45, 7) is 7.59. The molecule has 4 heterocycles. The Morgan fingerprint density at radius 3 is 1.98 bits per heavy atom. The average molecular weight is 664 g/mol. The van der Waals surface area contributed by atoms with Crippen molar-refractivity contribution in [3.63, 3.8) is 0 Å². The quantitative estimate of drug-likeness (QED) is 0.106. The number of hydrogen-bond donors (Lipinski definition) is 0. The zero-order chi connectivity index (χ0) is 34.4. The van der Waals surface area contributed by atoms with Crippen LogP contribution in [0.2, 0.25) is 0 Å². The van der Waals surface area contributed by atoms with Gasteiger partial charge in [0.1, 0.15) is 0 Å². The molecule has 50 heavy (non-hydrogen) atoms. The molecular weight excluding hydrogens is 633 g/mol. The van der Waals surface area contributed by atoms with E-state index in [1.165, 1.54) is 6.07 Å². The Morgan fingerprint density at radius 2 is 1.28 bits per heavy atom. The lowest BCUT2D eigenvalue weighted by molar-refractivity contribution is -0.200. The van der Waals surface area contributed by atoms with Crippen molar-refractivity contribution in [1.29, 1.82) is 0 Å². The summed E-state index contributed by atoms with van der Waals surface area (Å²) < 4.78 is 67.3. The first kappa shape index (κ1) is 29.4. The van der Waals surface area contributed by atoms with Gasteiger partial charge in [-0.05, 0) is 97.7 Å². The van der Waals surface area contributed by atoms with Crippen molar-refractivity contribution < 1.29 is 17.6 Å². The number of benzene rings is 6. The van der Waals surface area contributed by atoms with Gasteiger partial charge in [-0.3, -0.25) is 4.90 Å². The number of aromatic nitrogens is 1. The molecule has 6 aromatic carbocycles. The highest BCUT2D eigenvalue weighted by molar-refractivity contribution is 7.00.